The number of rotatable bonds is 1. The van der Waals surface area contributed by atoms with Crippen molar-refractivity contribution in [3.8, 4) is 11.4 Å². The Morgan fingerprint density at radius 3 is 2.88 bits per heavy atom. The summed E-state index contributed by atoms with van der Waals surface area (Å²) in [6.45, 7) is 0. The summed E-state index contributed by atoms with van der Waals surface area (Å²) in [5, 5.41) is 21.6. The lowest BCUT2D eigenvalue weighted by molar-refractivity contribution is 0.230. The molecular weight excluding hydrogens is 314 g/mol. The topological polar surface area (TPSA) is 86.7 Å². The van der Waals surface area contributed by atoms with Crippen molar-refractivity contribution < 1.29 is 5.11 Å². The minimum absolute atomic E-state index is 0.526. The van der Waals surface area contributed by atoms with Gasteiger partial charge in [0.1, 0.15) is 5.82 Å². The number of aliphatic hydroxyl groups is 1. The fraction of sp³-hybridized carbons (Fsp3) is 0.211. The van der Waals surface area contributed by atoms with Crippen LogP contribution in [0.4, 0.5) is 11.6 Å². The monoisotopic (exact) mass is 331 g/mol. The molecule has 1 fully saturated rings. The molecule has 6 heteroatoms. The Morgan fingerprint density at radius 2 is 2.00 bits per heavy atom. The Balaban J connectivity index is 1.72. The minimum Gasteiger partial charge on any atom is -0.384 e. The van der Waals surface area contributed by atoms with Crippen LogP contribution in [0.5, 0.6) is 0 Å². The predicted octanol–water partition coefficient (Wildman–Crippen LogP) is 3.55. The van der Waals surface area contributed by atoms with Crippen molar-refractivity contribution in [1.82, 2.24) is 20.2 Å². The number of aromatic nitrogens is 4. The third kappa shape index (κ3) is 2.51. The van der Waals surface area contributed by atoms with E-state index < -0.39 is 6.10 Å². The molecule has 25 heavy (non-hydrogen) atoms. The Morgan fingerprint density at radius 1 is 1.12 bits per heavy atom. The van der Waals surface area contributed by atoms with Crippen LogP contribution in [0.15, 0.2) is 42.6 Å². The van der Waals surface area contributed by atoms with Crippen molar-refractivity contribution in [2.75, 3.05) is 5.32 Å². The molecule has 0 spiro atoms. The molecule has 6 nitrogen and oxygen atoms in total. The molecule has 3 N–H and O–H groups in total. The molecule has 124 valence electrons. The predicted molar refractivity (Wildman–Crippen MR) is 95.3 cm³/mol. The molecule has 3 heterocycles. The molecule has 2 aliphatic rings. The molecule has 1 saturated carbocycles. The van der Waals surface area contributed by atoms with Crippen molar-refractivity contribution in [3.63, 3.8) is 0 Å². The summed E-state index contributed by atoms with van der Waals surface area (Å²) in [6.07, 6.45) is 7.07. The molecule has 1 aliphatic heterocycles. The van der Waals surface area contributed by atoms with Crippen LogP contribution >= 0.6 is 0 Å². The molecule has 0 saturated heterocycles. The van der Waals surface area contributed by atoms with Gasteiger partial charge in [0.05, 0.1) is 6.10 Å². The molecule has 0 radical (unpaired) electrons. The van der Waals surface area contributed by atoms with Crippen LogP contribution in [0.25, 0.3) is 17.5 Å². The SMILES string of the molecule is OC1/C=C\c2c(n[nH]c2C2CC2)Nc2ccnc(n2)-c2ccccc21. The molecule has 2 aromatic heterocycles. The number of aliphatic hydroxyl groups excluding tert-OH is 1. The maximum atomic E-state index is 10.7. The third-order valence-electron chi connectivity index (χ3n) is 4.69. The standard InChI is InChI=1S/C19H17N5O/c25-15-8-7-14-17(11-5-6-11)23-24-19(14)22-16-9-10-20-18(21-16)13-4-2-1-3-12(13)15/h1-4,7-11,15,25H,5-6H2,(H2,20,21,22,23,24)/b8-7-. The Bertz CT molecular complexity index is 973. The summed E-state index contributed by atoms with van der Waals surface area (Å²) in [5.74, 6) is 2.51. The zero-order valence-electron chi connectivity index (χ0n) is 13.5. The zero-order valence-corrected chi connectivity index (χ0v) is 13.5. The first-order chi connectivity index (χ1) is 12.3. The normalized spacial score (nSPS) is 20.0. The first-order valence-corrected chi connectivity index (χ1v) is 8.43. The van der Waals surface area contributed by atoms with Crippen LogP contribution in [0.1, 0.15) is 41.7 Å². The molecule has 1 unspecified atom stereocenters. The van der Waals surface area contributed by atoms with Gasteiger partial charge in [-0.05, 0) is 24.5 Å². The molecule has 1 aliphatic carbocycles. The van der Waals surface area contributed by atoms with Gasteiger partial charge in [0.2, 0.25) is 0 Å². The van der Waals surface area contributed by atoms with E-state index in [0.29, 0.717) is 17.6 Å². The van der Waals surface area contributed by atoms with Gasteiger partial charge < -0.3 is 10.4 Å². The van der Waals surface area contributed by atoms with Crippen molar-refractivity contribution in [2.45, 2.75) is 24.9 Å². The van der Waals surface area contributed by atoms with E-state index in [1.54, 1.807) is 12.3 Å². The van der Waals surface area contributed by atoms with Gasteiger partial charge in [-0.25, -0.2) is 9.97 Å². The fourth-order valence-corrected chi connectivity index (χ4v) is 3.24. The Hall–Kier alpha value is -2.99. The number of nitrogens with one attached hydrogen (secondary N) is 2. The second-order valence-electron chi connectivity index (χ2n) is 6.46. The number of anilines is 2. The van der Waals surface area contributed by atoms with E-state index in [2.05, 4.69) is 25.5 Å². The smallest absolute Gasteiger partial charge is 0.161 e. The minimum atomic E-state index is -0.739. The van der Waals surface area contributed by atoms with E-state index in [-0.39, 0.29) is 0 Å². The first kappa shape index (κ1) is 14.4. The lowest BCUT2D eigenvalue weighted by Gasteiger charge is -2.11. The van der Waals surface area contributed by atoms with E-state index in [1.165, 1.54) is 12.8 Å². The highest BCUT2D eigenvalue weighted by molar-refractivity contribution is 5.72. The summed E-state index contributed by atoms with van der Waals surface area (Å²) in [6, 6.07) is 9.49. The van der Waals surface area contributed by atoms with Crippen LogP contribution in [-0.4, -0.2) is 25.3 Å². The second-order valence-corrected chi connectivity index (χ2v) is 6.46. The molecule has 1 atom stereocenters. The second kappa shape index (κ2) is 5.53. The van der Waals surface area contributed by atoms with Crippen LogP contribution in [0, 0.1) is 0 Å². The summed E-state index contributed by atoms with van der Waals surface area (Å²) >= 11 is 0. The van der Waals surface area contributed by atoms with Crippen molar-refractivity contribution in [2.24, 2.45) is 0 Å². The van der Waals surface area contributed by atoms with E-state index >= 15 is 0 Å². The van der Waals surface area contributed by atoms with Gasteiger partial charge in [0, 0.05) is 28.9 Å². The molecule has 5 rings (SSSR count). The fourth-order valence-electron chi connectivity index (χ4n) is 3.24. The van der Waals surface area contributed by atoms with Gasteiger partial charge in [-0.2, -0.15) is 5.10 Å². The number of nitrogens with zero attached hydrogens (tertiary/aromatic N) is 3. The van der Waals surface area contributed by atoms with Crippen molar-refractivity contribution in [3.05, 3.63) is 59.4 Å². The van der Waals surface area contributed by atoms with Gasteiger partial charge in [0.25, 0.3) is 0 Å². The van der Waals surface area contributed by atoms with E-state index in [1.807, 2.05) is 36.4 Å². The number of hydrogen-bond donors (Lipinski definition) is 3. The quantitative estimate of drug-likeness (QED) is 0.635. The molecule has 0 amide bonds. The van der Waals surface area contributed by atoms with Crippen LogP contribution in [0.3, 0.4) is 0 Å². The number of benzene rings is 1. The Labute approximate surface area is 144 Å². The average molecular weight is 331 g/mol. The van der Waals surface area contributed by atoms with Crippen LogP contribution < -0.4 is 5.32 Å². The van der Waals surface area contributed by atoms with Crippen LogP contribution in [-0.2, 0) is 0 Å². The van der Waals surface area contributed by atoms with Gasteiger partial charge in [-0.1, -0.05) is 36.4 Å². The van der Waals surface area contributed by atoms with Crippen molar-refractivity contribution in [1.29, 1.82) is 0 Å². The Kier molecular flexibility index (Phi) is 3.18. The summed E-state index contributed by atoms with van der Waals surface area (Å²) in [5.41, 5.74) is 3.72. The summed E-state index contributed by atoms with van der Waals surface area (Å²) in [4.78, 5) is 8.98. The van der Waals surface area contributed by atoms with Crippen LogP contribution in [0.2, 0.25) is 0 Å². The number of fused-ring (bicyclic) bond motifs is 5. The number of hydrogen-bond acceptors (Lipinski definition) is 5. The van der Waals surface area contributed by atoms with Gasteiger partial charge in [-0.3, -0.25) is 5.10 Å². The zero-order chi connectivity index (χ0) is 16.8. The van der Waals surface area contributed by atoms with Gasteiger partial charge in [0.15, 0.2) is 11.6 Å². The summed E-state index contributed by atoms with van der Waals surface area (Å²) in [7, 11) is 0. The first-order valence-electron chi connectivity index (χ1n) is 8.43. The highest BCUT2D eigenvalue weighted by Crippen LogP contribution is 2.43. The summed E-state index contributed by atoms with van der Waals surface area (Å²) < 4.78 is 0. The third-order valence-corrected chi connectivity index (χ3v) is 4.69. The largest absolute Gasteiger partial charge is 0.384 e. The molecule has 3 aromatic rings. The van der Waals surface area contributed by atoms with Gasteiger partial charge in [-0.15, -0.1) is 0 Å². The maximum Gasteiger partial charge on any atom is 0.161 e. The van der Waals surface area contributed by atoms with E-state index in [9.17, 15) is 5.11 Å². The van der Waals surface area contributed by atoms with Crippen molar-refractivity contribution >= 4 is 17.7 Å². The highest BCUT2D eigenvalue weighted by Gasteiger charge is 2.29. The maximum absolute atomic E-state index is 10.7. The average Bonchev–Trinajstić information content (AvgIpc) is 3.41. The highest BCUT2D eigenvalue weighted by atomic mass is 16.3. The lowest BCUT2D eigenvalue weighted by atomic mass is 10.0. The molecular formula is C19H17N5O. The molecule has 1 aromatic carbocycles. The number of aromatic amines is 1. The molecule has 2 bridgehead atoms. The number of H-pyrrole nitrogens is 1. The van der Waals surface area contributed by atoms with E-state index in [4.69, 9.17) is 0 Å². The van der Waals surface area contributed by atoms with E-state index in [0.717, 1.165) is 28.2 Å². The lowest BCUT2D eigenvalue weighted by Crippen LogP contribution is -2.00. The van der Waals surface area contributed by atoms with Gasteiger partial charge >= 0.3 is 0 Å².